The number of hydrogen-bond acceptors (Lipinski definition) is 2. The van der Waals surface area contributed by atoms with Crippen LogP contribution in [0.4, 0.5) is 4.39 Å². The maximum Gasteiger partial charge on any atom is 0.123 e. The molecule has 0 saturated heterocycles. The number of aromatic nitrogens is 3. The molecule has 1 aromatic carbocycles. The first kappa shape index (κ1) is 14.8. The molecule has 0 fully saturated rings. The molecule has 0 amide bonds. The minimum atomic E-state index is -0.246. The van der Waals surface area contributed by atoms with E-state index in [4.69, 9.17) is 5.73 Å². The van der Waals surface area contributed by atoms with Gasteiger partial charge >= 0.3 is 0 Å². The average molecular weight is 300 g/mol. The Balaban J connectivity index is 2.06. The zero-order valence-corrected chi connectivity index (χ0v) is 13.1. The molecule has 1 atom stereocenters. The van der Waals surface area contributed by atoms with Gasteiger partial charge in [0.15, 0.2) is 0 Å². The number of aromatic amines is 2. The Morgan fingerprint density at radius 1 is 1.27 bits per heavy atom. The van der Waals surface area contributed by atoms with Gasteiger partial charge in [-0.3, -0.25) is 5.10 Å². The van der Waals surface area contributed by atoms with E-state index in [1.165, 1.54) is 6.07 Å². The smallest absolute Gasteiger partial charge is 0.123 e. The molecule has 1 unspecified atom stereocenters. The third-order valence-electron chi connectivity index (χ3n) is 4.03. The topological polar surface area (TPSA) is 70.5 Å². The van der Waals surface area contributed by atoms with Crippen molar-refractivity contribution in [2.45, 2.75) is 32.1 Å². The first-order chi connectivity index (χ1) is 10.4. The fourth-order valence-corrected chi connectivity index (χ4v) is 2.72. The third-order valence-corrected chi connectivity index (χ3v) is 4.03. The van der Waals surface area contributed by atoms with Crippen molar-refractivity contribution in [1.29, 1.82) is 0 Å². The number of nitrogens with one attached hydrogen (secondary N) is 2. The molecule has 2 heterocycles. The molecule has 4 N–H and O–H groups in total. The maximum absolute atomic E-state index is 13.6. The standard InChI is InChI=1S/C17H21FN4/c1-17(2,3)16-7-15(21-22-16)12(8-19)13-9-20-14-5-4-10(18)6-11(13)14/h4-7,9,12,20H,8,19H2,1-3H3,(H,21,22). The number of hydrogen-bond donors (Lipinski definition) is 3. The summed E-state index contributed by atoms with van der Waals surface area (Å²) in [5, 5.41) is 8.36. The molecule has 116 valence electrons. The Morgan fingerprint density at radius 3 is 2.68 bits per heavy atom. The predicted octanol–water partition coefficient (Wildman–Crippen LogP) is 3.42. The van der Waals surface area contributed by atoms with Gasteiger partial charge < -0.3 is 10.7 Å². The monoisotopic (exact) mass is 300 g/mol. The summed E-state index contributed by atoms with van der Waals surface area (Å²) in [6.45, 7) is 6.78. The zero-order valence-electron chi connectivity index (χ0n) is 13.1. The molecule has 4 nitrogen and oxygen atoms in total. The van der Waals surface area contributed by atoms with Gasteiger partial charge in [0.1, 0.15) is 5.82 Å². The number of nitrogens with zero attached hydrogens (tertiary/aromatic N) is 1. The van der Waals surface area contributed by atoms with Crippen LogP contribution < -0.4 is 5.73 Å². The lowest BCUT2D eigenvalue weighted by atomic mass is 9.90. The molecule has 0 aliphatic carbocycles. The van der Waals surface area contributed by atoms with E-state index in [1.807, 2.05) is 6.20 Å². The van der Waals surface area contributed by atoms with Crippen molar-refractivity contribution in [1.82, 2.24) is 15.2 Å². The van der Waals surface area contributed by atoms with Gasteiger partial charge in [0.2, 0.25) is 0 Å². The third kappa shape index (κ3) is 2.52. The molecule has 0 aliphatic heterocycles. The number of benzene rings is 1. The highest BCUT2D eigenvalue weighted by Gasteiger charge is 2.23. The second-order valence-corrected chi connectivity index (χ2v) is 6.68. The van der Waals surface area contributed by atoms with Gasteiger partial charge in [-0.2, -0.15) is 5.10 Å². The maximum atomic E-state index is 13.6. The number of nitrogens with two attached hydrogens (primary N) is 1. The Hall–Kier alpha value is -2.14. The molecule has 0 bridgehead atoms. The summed E-state index contributed by atoms with van der Waals surface area (Å²) in [5.74, 6) is -0.289. The lowest BCUT2D eigenvalue weighted by molar-refractivity contribution is 0.567. The molecule has 5 heteroatoms. The van der Waals surface area contributed by atoms with Gasteiger partial charge in [0, 0.05) is 40.7 Å². The van der Waals surface area contributed by atoms with E-state index in [1.54, 1.807) is 12.1 Å². The molecule has 2 aromatic heterocycles. The van der Waals surface area contributed by atoms with Crippen molar-refractivity contribution in [2.75, 3.05) is 6.54 Å². The Bertz CT molecular complexity index is 794. The van der Waals surface area contributed by atoms with Crippen molar-refractivity contribution in [3.63, 3.8) is 0 Å². The van der Waals surface area contributed by atoms with E-state index < -0.39 is 0 Å². The fraction of sp³-hybridized carbons (Fsp3) is 0.353. The second-order valence-electron chi connectivity index (χ2n) is 6.68. The van der Waals surface area contributed by atoms with Crippen molar-refractivity contribution in [2.24, 2.45) is 5.73 Å². The van der Waals surface area contributed by atoms with Gasteiger partial charge in [0.25, 0.3) is 0 Å². The highest BCUT2D eigenvalue weighted by molar-refractivity contribution is 5.84. The Kier molecular flexibility index (Phi) is 3.53. The summed E-state index contributed by atoms with van der Waals surface area (Å²) in [6, 6.07) is 6.80. The van der Waals surface area contributed by atoms with Crippen LogP contribution in [0, 0.1) is 5.82 Å². The van der Waals surface area contributed by atoms with Crippen LogP contribution in [0.1, 0.15) is 43.6 Å². The molecule has 22 heavy (non-hydrogen) atoms. The summed E-state index contributed by atoms with van der Waals surface area (Å²) in [6.07, 6.45) is 1.90. The zero-order chi connectivity index (χ0) is 15.9. The van der Waals surface area contributed by atoms with E-state index in [2.05, 4.69) is 42.0 Å². The van der Waals surface area contributed by atoms with Crippen molar-refractivity contribution >= 4 is 10.9 Å². The molecular formula is C17H21FN4. The molecule has 3 aromatic rings. The minimum Gasteiger partial charge on any atom is -0.361 e. The van der Waals surface area contributed by atoms with Crippen LogP contribution >= 0.6 is 0 Å². The number of rotatable bonds is 3. The van der Waals surface area contributed by atoms with Gasteiger partial charge in [-0.05, 0) is 29.8 Å². The number of fused-ring (bicyclic) bond motifs is 1. The SMILES string of the molecule is CC(C)(C)c1cc(C(CN)c2c[nH]c3ccc(F)cc23)[nH]n1. The van der Waals surface area contributed by atoms with Crippen LogP contribution in [0.2, 0.25) is 0 Å². The van der Waals surface area contributed by atoms with Crippen LogP contribution in [0.15, 0.2) is 30.5 Å². The Labute approximate surface area is 128 Å². The normalized spacial score (nSPS) is 13.7. The van der Waals surface area contributed by atoms with E-state index in [0.29, 0.717) is 6.54 Å². The van der Waals surface area contributed by atoms with E-state index in [0.717, 1.165) is 27.9 Å². The highest BCUT2D eigenvalue weighted by Crippen LogP contribution is 2.31. The summed E-state index contributed by atoms with van der Waals surface area (Å²) in [4.78, 5) is 3.18. The van der Waals surface area contributed by atoms with Crippen LogP contribution in [0.25, 0.3) is 10.9 Å². The number of H-pyrrole nitrogens is 2. The van der Waals surface area contributed by atoms with Crippen LogP contribution in [-0.2, 0) is 5.41 Å². The van der Waals surface area contributed by atoms with Crippen molar-refractivity contribution in [3.05, 3.63) is 53.2 Å². The summed E-state index contributed by atoms with van der Waals surface area (Å²) >= 11 is 0. The van der Waals surface area contributed by atoms with Gasteiger partial charge in [-0.15, -0.1) is 0 Å². The van der Waals surface area contributed by atoms with E-state index in [-0.39, 0.29) is 17.2 Å². The van der Waals surface area contributed by atoms with E-state index >= 15 is 0 Å². The van der Waals surface area contributed by atoms with E-state index in [9.17, 15) is 4.39 Å². The first-order valence-corrected chi connectivity index (χ1v) is 7.42. The first-order valence-electron chi connectivity index (χ1n) is 7.42. The molecule has 0 radical (unpaired) electrons. The lowest BCUT2D eigenvalue weighted by Crippen LogP contribution is -2.14. The van der Waals surface area contributed by atoms with Gasteiger partial charge in [-0.25, -0.2) is 4.39 Å². The summed E-state index contributed by atoms with van der Waals surface area (Å²) in [7, 11) is 0. The molecular weight excluding hydrogens is 279 g/mol. The van der Waals surface area contributed by atoms with Crippen LogP contribution in [-0.4, -0.2) is 21.7 Å². The van der Waals surface area contributed by atoms with Crippen molar-refractivity contribution < 1.29 is 4.39 Å². The second kappa shape index (κ2) is 5.25. The predicted molar refractivity (Wildman–Crippen MR) is 86.4 cm³/mol. The van der Waals surface area contributed by atoms with Crippen LogP contribution in [0.3, 0.4) is 0 Å². The average Bonchev–Trinajstić information content (AvgIpc) is 3.07. The molecule has 0 aliphatic rings. The Morgan fingerprint density at radius 2 is 2.05 bits per heavy atom. The number of halogens is 1. The molecule has 0 saturated carbocycles. The highest BCUT2D eigenvalue weighted by atomic mass is 19.1. The fourth-order valence-electron chi connectivity index (χ4n) is 2.72. The summed E-state index contributed by atoms with van der Waals surface area (Å²) < 4.78 is 13.6. The molecule has 3 rings (SSSR count). The summed E-state index contributed by atoms with van der Waals surface area (Å²) in [5.41, 5.74) is 9.80. The van der Waals surface area contributed by atoms with Gasteiger partial charge in [0.05, 0.1) is 5.69 Å². The minimum absolute atomic E-state index is 0.0276. The quantitative estimate of drug-likeness (QED) is 0.693. The largest absolute Gasteiger partial charge is 0.361 e. The molecule has 0 spiro atoms. The van der Waals surface area contributed by atoms with Gasteiger partial charge in [-0.1, -0.05) is 20.8 Å². The lowest BCUT2D eigenvalue weighted by Gasteiger charge is -2.14. The van der Waals surface area contributed by atoms with Crippen LogP contribution in [0.5, 0.6) is 0 Å². The van der Waals surface area contributed by atoms with Crippen molar-refractivity contribution in [3.8, 4) is 0 Å².